The summed E-state index contributed by atoms with van der Waals surface area (Å²) in [5.41, 5.74) is 1.97. The van der Waals surface area contributed by atoms with E-state index in [1.54, 1.807) is 43.3 Å². The average molecular weight is 564 g/mol. The van der Waals surface area contributed by atoms with Crippen LogP contribution in [0.4, 0.5) is 10.2 Å². The van der Waals surface area contributed by atoms with Gasteiger partial charge in [0.2, 0.25) is 0 Å². The van der Waals surface area contributed by atoms with Gasteiger partial charge in [-0.1, -0.05) is 17.7 Å². The van der Waals surface area contributed by atoms with Crippen LogP contribution in [-0.2, 0) is 19.6 Å². The molecule has 4 aromatic rings. The Morgan fingerprint density at radius 3 is 2.45 bits per heavy atom. The van der Waals surface area contributed by atoms with Gasteiger partial charge in [0.15, 0.2) is 23.1 Å². The molecule has 1 aromatic carbocycles. The Balaban J connectivity index is 1.45. The number of aromatic nitrogens is 4. The monoisotopic (exact) mass is 563 g/mol. The standard InChI is InChI=1S/C29H30FN5O4S/c1-16-6-12-20(13-7-16)40(37,38)35-17(2)23(21-5-4-14-31-28(21)35)27-32-15-22(30)26(34-27)33-25-19-10-8-18(9-11-19)24(25)29(36)39-3/h4-7,12-15,18-19,24-25H,8-11H2,1-3H3,(H,32,33,34). The fraction of sp³-hybridized carbons (Fsp3) is 0.379. The second kappa shape index (κ2) is 9.96. The minimum atomic E-state index is -4.01. The van der Waals surface area contributed by atoms with Crippen molar-refractivity contribution in [3.05, 3.63) is 65.9 Å². The molecule has 0 saturated heterocycles. The van der Waals surface area contributed by atoms with Gasteiger partial charge in [-0.25, -0.2) is 31.7 Å². The lowest BCUT2D eigenvalue weighted by Gasteiger charge is -2.47. The maximum Gasteiger partial charge on any atom is 0.311 e. The normalized spacial score (nSPS) is 22.4. The molecule has 9 nitrogen and oxygen atoms in total. The van der Waals surface area contributed by atoms with Crippen molar-refractivity contribution in [3.63, 3.8) is 0 Å². The molecular formula is C29H30FN5O4S. The predicted octanol–water partition coefficient (Wildman–Crippen LogP) is 4.88. The van der Waals surface area contributed by atoms with Crippen LogP contribution in [0.2, 0.25) is 0 Å². The summed E-state index contributed by atoms with van der Waals surface area (Å²) in [5, 5.41) is 3.75. The van der Waals surface area contributed by atoms with Crippen LogP contribution in [0.1, 0.15) is 36.9 Å². The van der Waals surface area contributed by atoms with Gasteiger partial charge in [-0.2, -0.15) is 0 Å². The van der Waals surface area contributed by atoms with E-state index < -0.39 is 15.8 Å². The van der Waals surface area contributed by atoms with Crippen molar-refractivity contribution in [2.24, 2.45) is 17.8 Å². The number of halogens is 1. The third kappa shape index (κ3) is 4.23. The number of rotatable bonds is 6. The Bertz CT molecular complexity index is 1710. The highest BCUT2D eigenvalue weighted by Crippen LogP contribution is 2.47. The van der Waals surface area contributed by atoms with E-state index >= 15 is 4.39 Å². The zero-order valence-corrected chi connectivity index (χ0v) is 23.3. The number of pyridine rings is 1. The second-order valence-corrected chi connectivity index (χ2v) is 12.5. The number of methoxy groups -OCH3 is 1. The lowest BCUT2D eigenvalue weighted by molar-refractivity contribution is -0.152. The summed E-state index contributed by atoms with van der Waals surface area (Å²) >= 11 is 0. The molecule has 3 aliphatic carbocycles. The average Bonchev–Trinajstić information content (AvgIpc) is 3.27. The first-order valence-corrected chi connectivity index (χ1v) is 14.8. The van der Waals surface area contributed by atoms with Gasteiger partial charge in [0.05, 0.1) is 29.7 Å². The van der Waals surface area contributed by atoms with Crippen molar-refractivity contribution < 1.29 is 22.3 Å². The van der Waals surface area contributed by atoms with E-state index in [4.69, 9.17) is 4.74 Å². The Hall–Kier alpha value is -3.86. The molecule has 2 bridgehead atoms. The van der Waals surface area contributed by atoms with E-state index in [0.717, 1.165) is 37.4 Å². The smallest absolute Gasteiger partial charge is 0.311 e. The number of fused-ring (bicyclic) bond motifs is 4. The molecule has 3 aromatic heterocycles. The molecule has 3 fully saturated rings. The predicted molar refractivity (Wildman–Crippen MR) is 148 cm³/mol. The number of hydrogen-bond acceptors (Lipinski definition) is 8. The van der Waals surface area contributed by atoms with E-state index in [1.165, 1.54) is 17.3 Å². The highest BCUT2D eigenvalue weighted by atomic mass is 32.2. The molecule has 208 valence electrons. The van der Waals surface area contributed by atoms with Crippen molar-refractivity contribution in [2.45, 2.75) is 50.5 Å². The van der Waals surface area contributed by atoms with Gasteiger partial charge in [0.25, 0.3) is 10.0 Å². The van der Waals surface area contributed by atoms with Gasteiger partial charge < -0.3 is 10.1 Å². The maximum absolute atomic E-state index is 15.1. The van der Waals surface area contributed by atoms with E-state index in [-0.39, 0.29) is 51.9 Å². The molecule has 11 heteroatoms. The number of ether oxygens (including phenoxy) is 1. The zero-order chi connectivity index (χ0) is 28.2. The first-order valence-electron chi connectivity index (χ1n) is 13.4. The molecular weight excluding hydrogens is 533 g/mol. The Morgan fingerprint density at radius 1 is 1.05 bits per heavy atom. The summed E-state index contributed by atoms with van der Waals surface area (Å²) in [6.07, 6.45) is 6.39. The molecule has 2 unspecified atom stereocenters. The molecule has 0 aliphatic heterocycles. The van der Waals surface area contributed by atoms with Crippen LogP contribution in [0.25, 0.3) is 22.4 Å². The van der Waals surface area contributed by atoms with Crippen LogP contribution in [0.5, 0.6) is 0 Å². The minimum Gasteiger partial charge on any atom is -0.469 e. The van der Waals surface area contributed by atoms with Crippen LogP contribution in [0.3, 0.4) is 0 Å². The number of aryl methyl sites for hydroxylation is 1. The largest absolute Gasteiger partial charge is 0.469 e. The maximum atomic E-state index is 15.1. The van der Waals surface area contributed by atoms with Crippen molar-refractivity contribution in [2.75, 3.05) is 12.4 Å². The number of nitrogens with one attached hydrogen (secondary N) is 1. The second-order valence-electron chi connectivity index (χ2n) is 10.7. The van der Waals surface area contributed by atoms with Gasteiger partial charge in [-0.15, -0.1) is 0 Å². The Kier molecular flexibility index (Phi) is 6.56. The quantitative estimate of drug-likeness (QED) is 0.330. The number of nitrogens with zero attached hydrogens (tertiary/aromatic N) is 4. The fourth-order valence-electron chi connectivity index (χ4n) is 6.48. The number of carbonyl (C=O) groups excluding carboxylic acids is 1. The van der Waals surface area contributed by atoms with Gasteiger partial charge in [-0.05, 0) is 75.6 Å². The van der Waals surface area contributed by atoms with Crippen molar-refractivity contribution in [1.29, 1.82) is 0 Å². The first kappa shape index (κ1) is 26.4. The van der Waals surface area contributed by atoms with Crippen molar-refractivity contribution in [1.82, 2.24) is 18.9 Å². The van der Waals surface area contributed by atoms with E-state index in [9.17, 15) is 13.2 Å². The summed E-state index contributed by atoms with van der Waals surface area (Å²) in [6.45, 7) is 3.55. The van der Waals surface area contributed by atoms with Crippen LogP contribution in [0, 0.1) is 37.4 Å². The van der Waals surface area contributed by atoms with Crippen LogP contribution in [-0.4, -0.2) is 46.5 Å². The first-order chi connectivity index (χ1) is 19.2. The molecule has 0 spiro atoms. The van der Waals surface area contributed by atoms with Gasteiger partial charge in [-0.3, -0.25) is 4.79 Å². The van der Waals surface area contributed by atoms with Gasteiger partial charge >= 0.3 is 5.97 Å². The number of hydrogen-bond donors (Lipinski definition) is 1. The molecule has 0 radical (unpaired) electrons. The molecule has 1 N–H and O–H groups in total. The highest BCUT2D eigenvalue weighted by Gasteiger charge is 2.48. The summed E-state index contributed by atoms with van der Waals surface area (Å²) in [4.78, 5) is 26.0. The van der Waals surface area contributed by atoms with Crippen LogP contribution >= 0.6 is 0 Å². The fourth-order valence-corrected chi connectivity index (χ4v) is 8.00. The SMILES string of the molecule is COC(=O)C1C2CCC(CC2)C1Nc1nc(-c2c(C)n(S(=O)(=O)c3ccc(C)cc3)c3ncccc23)ncc1F. The highest BCUT2D eigenvalue weighted by molar-refractivity contribution is 7.90. The van der Waals surface area contributed by atoms with E-state index in [0.29, 0.717) is 16.6 Å². The number of esters is 1. The zero-order valence-electron chi connectivity index (χ0n) is 22.5. The third-order valence-electron chi connectivity index (χ3n) is 8.44. The molecule has 3 aliphatic rings. The third-order valence-corrected chi connectivity index (χ3v) is 10.2. The van der Waals surface area contributed by atoms with Crippen molar-refractivity contribution >= 4 is 32.8 Å². The minimum absolute atomic E-state index is 0.0259. The lowest BCUT2D eigenvalue weighted by Crippen LogP contribution is -2.52. The Labute approximate surface area is 231 Å². The van der Waals surface area contributed by atoms with Gasteiger partial charge in [0.1, 0.15) is 0 Å². The van der Waals surface area contributed by atoms with Crippen LogP contribution in [0.15, 0.2) is 53.7 Å². The molecule has 0 amide bonds. The van der Waals surface area contributed by atoms with Crippen LogP contribution < -0.4 is 5.32 Å². The Morgan fingerprint density at radius 2 is 1.75 bits per heavy atom. The summed E-state index contributed by atoms with van der Waals surface area (Å²) in [5.74, 6) is -0.830. The lowest BCUT2D eigenvalue weighted by atomic mass is 9.61. The summed E-state index contributed by atoms with van der Waals surface area (Å²) < 4.78 is 49.0. The molecule has 3 heterocycles. The molecule has 2 atom stereocenters. The molecule has 40 heavy (non-hydrogen) atoms. The topological polar surface area (TPSA) is 116 Å². The van der Waals surface area contributed by atoms with Gasteiger partial charge in [0, 0.05) is 23.3 Å². The van der Waals surface area contributed by atoms with E-state index in [2.05, 4.69) is 20.3 Å². The van der Waals surface area contributed by atoms with Crippen molar-refractivity contribution in [3.8, 4) is 11.4 Å². The summed E-state index contributed by atoms with van der Waals surface area (Å²) in [7, 11) is -2.63. The summed E-state index contributed by atoms with van der Waals surface area (Å²) in [6, 6.07) is 9.74. The van der Waals surface area contributed by atoms with E-state index in [1.807, 2.05) is 6.92 Å². The number of benzene rings is 1. The number of carbonyl (C=O) groups is 1. The molecule has 7 rings (SSSR count). The number of anilines is 1. The molecule has 3 saturated carbocycles.